The van der Waals surface area contributed by atoms with Crippen LogP contribution in [0.5, 0.6) is 0 Å². The zero-order valence-electron chi connectivity index (χ0n) is 7.26. The van der Waals surface area contributed by atoms with Crippen molar-refractivity contribution < 1.29 is 4.74 Å². The molecule has 0 amide bonds. The van der Waals surface area contributed by atoms with E-state index in [1.54, 1.807) is 0 Å². The molecule has 0 N–H and O–H groups in total. The SMILES string of the molecule is CCC1OC(C)CCC1C. The summed E-state index contributed by atoms with van der Waals surface area (Å²) in [5, 5.41) is 0. The average Bonchev–Trinajstić information content (AvgIpc) is 1.94. The third-order valence-corrected chi connectivity index (χ3v) is 2.47. The zero-order valence-corrected chi connectivity index (χ0v) is 7.26. The van der Waals surface area contributed by atoms with Gasteiger partial charge in [-0.15, -0.1) is 0 Å². The molecule has 1 fully saturated rings. The summed E-state index contributed by atoms with van der Waals surface area (Å²) in [6, 6.07) is 0. The highest BCUT2D eigenvalue weighted by atomic mass is 16.5. The Hall–Kier alpha value is -0.0400. The van der Waals surface area contributed by atoms with Crippen molar-refractivity contribution in [1.82, 2.24) is 0 Å². The second-order valence-electron chi connectivity index (χ2n) is 3.45. The molecule has 0 bridgehead atoms. The van der Waals surface area contributed by atoms with Crippen molar-refractivity contribution in [2.24, 2.45) is 5.92 Å². The van der Waals surface area contributed by atoms with Crippen molar-refractivity contribution in [3.8, 4) is 0 Å². The Bertz CT molecular complexity index is 101. The van der Waals surface area contributed by atoms with E-state index in [1.165, 1.54) is 19.3 Å². The van der Waals surface area contributed by atoms with E-state index < -0.39 is 0 Å². The fraction of sp³-hybridized carbons (Fsp3) is 1.00. The molecule has 1 heterocycles. The quantitative estimate of drug-likeness (QED) is 0.547. The summed E-state index contributed by atoms with van der Waals surface area (Å²) in [6.07, 6.45) is 4.80. The van der Waals surface area contributed by atoms with Crippen LogP contribution in [0.4, 0.5) is 0 Å². The fourth-order valence-corrected chi connectivity index (χ4v) is 1.68. The predicted octanol–water partition coefficient (Wildman–Crippen LogP) is 2.60. The lowest BCUT2D eigenvalue weighted by Crippen LogP contribution is -2.31. The van der Waals surface area contributed by atoms with Crippen molar-refractivity contribution >= 4 is 0 Å². The van der Waals surface area contributed by atoms with Gasteiger partial charge in [-0.2, -0.15) is 0 Å². The second-order valence-corrected chi connectivity index (χ2v) is 3.45. The van der Waals surface area contributed by atoms with E-state index in [4.69, 9.17) is 4.74 Å². The van der Waals surface area contributed by atoms with Gasteiger partial charge in [0, 0.05) is 0 Å². The minimum absolute atomic E-state index is 0.501. The van der Waals surface area contributed by atoms with Gasteiger partial charge in [0.2, 0.25) is 0 Å². The average molecular weight is 142 g/mol. The third kappa shape index (κ3) is 1.72. The smallest absolute Gasteiger partial charge is 0.0601 e. The highest BCUT2D eigenvalue weighted by Gasteiger charge is 2.23. The minimum atomic E-state index is 0.501. The van der Waals surface area contributed by atoms with Gasteiger partial charge in [-0.3, -0.25) is 0 Å². The standard InChI is InChI=1S/C9H18O/c1-4-9-7(2)5-6-8(3)10-9/h7-9H,4-6H2,1-3H3. The van der Waals surface area contributed by atoms with Gasteiger partial charge in [0.25, 0.3) is 0 Å². The van der Waals surface area contributed by atoms with Crippen LogP contribution in [0.2, 0.25) is 0 Å². The minimum Gasteiger partial charge on any atom is -0.375 e. The molecule has 1 aliphatic rings. The van der Waals surface area contributed by atoms with Gasteiger partial charge >= 0.3 is 0 Å². The molecular weight excluding hydrogens is 124 g/mol. The molecule has 0 saturated carbocycles. The van der Waals surface area contributed by atoms with Crippen LogP contribution in [-0.2, 0) is 4.74 Å². The number of ether oxygens (including phenoxy) is 1. The Labute approximate surface area is 63.8 Å². The lowest BCUT2D eigenvalue weighted by atomic mass is 9.92. The van der Waals surface area contributed by atoms with Crippen molar-refractivity contribution in [3.05, 3.63) is 0 Å². The van der Waals surface area contributed by atoms with E-state index in [0.29, 0.717) is 12.2 Å². The molecular formula is C9H18O. The Kier molecular flexibility index (Phi) is 2.72. The largest absolute Gasteiger partial charge is 0.375 e. The van der Waals surface area contributed by atoms with Crippen LogP contribution < -0.4 is 0 Å². The van der Waals surface area contributed by atoms with Gasteiger partial charge in [0.1, 0.15) is 0 Å². The molecule has 1 aliphatic heterocycles. The summed E-state index contributed by atoms with van der Waals surface area (Å²) < 4.78 is 5.75. The van der Waals surface area contributed by atoms with Crippen molar-refractivity contribution in [2.75, 3.05) is 0 Å². The Morgan fingerprint density at radius 1 is 1.30 bits per heavy atom. The van der Waals surface area contributed by atoms with E-state index in [0.717, 1.165) is 5.92 Å². The van der Waals surface area contributed by atoms with E-state index in [1.807, 2.05) is 0 Å². The first kappa shape index (κ1) is 8.06. The van der Waals surface area contributed by atoms with Crippen LogP contribution in [0.1, 0.15) is 40.0 Å². The molecule has 1 nitrogen and oxygen atoms in total. The molecule has 1 heteroatoms. The Morgan fingerprint density at radius 3 is 2.50 bits per heavy atom. The molecule has 0 aromatic carbocycles. The van der Waals surface area contributed by atoms with E-state index in [2.05, 4.69) is 20.8 Å². The van der Waals surface area contributed by atoms with Crippen LogP contribution in [0, 0.1) is 5.92 Å². The molecule has 0 aromatic heterocycles. The van der Waals surface area contributed by atoms with Gasteiger partial charge in [-0.25, -0.2) is 0 Å². The summed E-state index contributed by atoms with van der Waals surface area (Å²) in [4.78, 5) is 0. The van der Waals surface area contributed by atoms with E-state index in [-0.39, 0.29) is 0 Å². The van der Waals surface area contributed by atoms with Gasteiger partial charge in [0.15, 0.2) is 0 Å². The first-order valence-electron chi connectivity index (χ1n) is 4.39. The molecule has 3 unspecified atom stereocenters. The molecule has 1 rings (SSSR count). The molecule has 3 atom stereocenters. The topological polar surface area (TPSA) is 9.23 Å². The summed E-state index contributed by atoms with van der Waals surface area (Å²) in [7, 11) is 0. The van der Waals surface area contributed by atoms with Gasteiger partial charge in [-0.05, 0) is 32.1 Å². The summed E-state index contributed by atoms with van der Waals surface area (Å²) in [5.74, 6) is 0.779. The maximum atomic E-state index is 5.75. The molecule has 1 saturated heterocycles. The van der Waals surface area contributed by atoms with Crippen molar-refractivity contribution in [1.29, 1.82) is 0 Å². The number of hydrogen-bond acceptors (Lipinski definition) is 1. The maximum absolute atomic E-state index is 5.75. The van der Waals surface area contributed by atoms with Crippen LogP contribution >= 0.6 is 0 Å². The van der Waals surface area contributed by atoms with Gasteiger partial charge in [-0.1, -0.05) is 13.8 Å². The van der Waals surface area contributed by atoms with Gasteiger partial charge < -0.3 is 4.74 Å². The normalized spacial score (nSPS) is 41.7. The molecule has 0 aromatic rings. The Balaban J connectivity index is 2.38. The molecule has 0 radical (unpaired) electrons. The van der Waals surface area contributed by atoms with Crippen LogP contribution in [-0.4, -0.2) is 12.2 Å². The highest BCUT2D eigenvalue weighted by Crippen LogP contribution is 2.25. The third-order valence-electron chi connectivity index (χ3n) is 2.47. The number of hydrogen-bond donors (Lipinski definition) is 0. The molecule has 60 valence electrons. The lowest BCUT2D eigenvalue weighted by Gasteiger charge is -2.32. The zero-order chi connectivity index (χ0) is 7.56. The first-order valence-corrected chi connectivity index (χ1v) is 4.39. The molecule has 10 heavy (non-hydrogen) atoms. The number of rotatable bonds is 1. The molecule has 0 spiro atoms. The van der Waals surface area contributed by atoms with Crippen molar-refractivity contribution in [2.45, 2.75) is 52.2 Å². The highest BCUT2D eigenvalue weighted by molar-refractivity contribution is 4.72. The fourth-order valence-electron chi connectivity index (χ4n) is 1.68. The van der Waals surface area contributed by atoms with Crippen LogP contribution in [0.15, 0.2) is 0 Å². The van der Waals surface area contributed by atoms with Crippen molar-refractivity contribution in [3.63, 3.8) is 0 Å². The monoisotopic (exact) mass is 142 g/mol. The Morgan fingerprint density at radius 2 is 2.00 bits per heavy atom. The second kappa shape index (κ2) is 3.38. The van der Waals surface area contributed by atoms with E-state index >= 15 is 0 Å². The maximum Gasteiger partial charge on any atom is 0.0601 e. The first-order chi connectivity index (χ1) is 4.74. The van der Waals surface area contributed by atoms with Crippen LogP contribution in [0.3, 0.4) is 0 Å². The van der Waals surface area contributed by atoms with Gasteiger partial charge in [0.05, 0.1) is 12.2 Å². The summed E-state index contributed by atoms with van der Waals surface area (Å²) in [5.41, 5.74) is 0. The summed E-state index contributed by atoms with van der Waals surface area (Å²) in [6.45, 7) is 6.67. The van der Waals surface area contributed by atoms with E-state index in [9.17, 15) is 0 Å². The summed E-state index contributed by atoms with van der Waals surface area (Å²) >= 11 is 0. The van der Waals surface area contributed by atoms with Crippen LogP contribution in [0.25, 0.3) is 0 Å². The lowest BCUT2D eigenvalue weighted by molar-refractivity contribution is -0.0708. The molecule has 0 aliphatic carbocycles. The predicted molar refractivity (Wildman–Crippen MR) is 43.0 cm³/mol.